The van der Waals surface area contributed by atoms with E-state index in [1.54, 1.807) is 0 Å². The van der Waals surface area contributed by atoms with Crippen molar-refractivity contribution >= 4 is 5.97 Å². The lowest BCUT2D eigenvalue weighted by molar-refractivity contribution is -0.143. The molecule has 0 radical (unpaired) electrons. The molecule has 0 aromatic carbocycles. The standard InChI is InChI=1S/C13H25NO2/c1-4-13(15)16-10-9-11-5-7-12(8-6-11)14(2)3/h11-12H,4-10H2,1-3H3. The van der Waals surface area contributed by atoms with Crippen LogP contribution in [0.1, 0.15) is 45.4 Å². The second-order valence-electron chi connectivity index (χ2n) is 5.00. The first kappa shape index (κ1) is 13.5. The summed E-state index contributed by atoms with van der Waals surface area (Å²) >= 11 is 0. The highest BCUT2D eigenvalue weighted by atomic mass is 16.5. The number of carbonyl (C=O) groups is 1. The van der Waals surface area contributed by atoms with E-state index in [9.17, 15) is 4.79 Å². The third kappa shape index (κ3) is 4.52. The van der Waals surface area contributed by atoms with E-state index in [1.165, 1.54) is 25.7 Å². The summed E-state index contributed by atoms with van der Waals surface area (Å²) in [6, 6.07) is 0.759. The van der Waals surface area contributed by atoms with Gasteiger partial charge in [0.2, 0.25) is 0 Å². The summed E-state index contributed by atoms with van der Waals surface area (Å²) < 4.78 is 5.12. The fourth-order valence-electron chi connectivity index (χ4n) is 2.39. The molecule has 1 aliphatic carbocycles. The van der Waals surface area contributed by atoms with Gasteiger partial charge in [-0.05, 0) is 52.1 Å². The molecular formula is C13H25NO2. The van der Waals surface area contributed by atoms with Crippen molar-refractivity contribution in [1.29, 1.82) is 0 Å². The van der Waals surface area contributed by atoms with Crippen molar-refractivity contribution in [2.75, 3.05) is 20.7 Å². The number of ether oxygens (including phenoxy) is 1. The topological polar surface area (TPSA) is 29.5 Å². The van der Waals surface area contributed by atoms with Gasteiger partial charge in [0.1, 0.15) is 0 Å². The minimum Gasteiger partial charge on any atom is -0.466 e. The lowest BCUT2D eigenvalue weighted by Gasteiger charge is -2.32. The number of carbonyl (C=O) groups excluding carboxylic acids is 1. The van der Waals surface area contributed by atoms with Crippen molar-refractivity contribution in [2.45, 2.75) is 51.5 Å². The quantitative estimate of drug-likeness (QED) is 0.676. The molecule has 0 amide bonds. The van der Waals surface area contributed by atoms with E-state index in [2.05, 4.69) is 19.0 Å². The zero-order chi connectivity index (χ0) is 12.0. The van der Waals surface area contributed by atoms with Crippen LogP contribution < -0.4 is 0 Å². The minimum absolute atomic E-state index is 0.0676. The smallest absolute Gasteiger partial charge is 0.305 e. The van der Waals surface area contributed by atoms with Crippen LogP contribution in [0.4, 0.5) is 0 Å². The molecule has 0 bridgehead atoms. The van der Waals surface area contributed by atoms with Crippen molar-refractivity contribution in [3.8, 4) is 0 Å². The molecule has 1 aliphatic rings. The van der Waals surface area contributed by atoms with Gasteiger partial charge in [0, 0.05) is 12.5 Å². The molecule has 0 saturated heterocycles. The largest absolute Gasteiger partial charge is 0.466 e. The molecule has 3 heteroatoms. The Kier molecular flexibility index (Phi) is 5.81. The first-order valence-electron chi connectivity index (χ1n) is 6.45. The average molecular weight is 227 g/mol. The number of rotatable bonds is 5. The van der Waals surface area contributed by atoms with Crippen LogP contribution in [0.2, 0.25) is 0 Å². The number of hydrogen-bond donors (Lipinski definition) is 0. The van der Waals surface area contributed by atoms with Gasteiger partial charge in [-0.1, -0.05) is 6.92 Å². The second kappa shape index (κ2) is 6.89. The maximum absolute atomic E-state index is 11.0. The van der Waals surface area contributed by atoms with Crippen LogP contribution in [-0.2, 0) is 9.53 Å². The van der Waals surface area contributed by atoms with Crippen LogP contribution >= 0.6 is 0 Å². The summed E-state index contributed by atoms with van der Waals surface area (Å²) in [6.07, 6.45) is 6.69. The van der Waals surface area contributed by atoms with E-state index in [1.807, 2.05) is 6.92 Å². The number of esters is 1. The van der Waals surface area contributed by atoms with Gasteiger partial charge in [-0.3, -0.25) is 4.79 Å². The lowest BCUT2D eigenvalue weighted by atomic mass is 9.84. The summed E-state index contributed by atoms with van der Waals surface area (Å²) in [5, 5.41) is 0. The van der Waals surface area contributed by atoms with Gasteiger partial charge in [-0.25, -0.2) is 0 Å². The third-order valence-electron chi connectivity index (χ3n) is 3.62. The van der Waals surface area contributed by atoms with E-state index in [4.69, 9.17) is 4.74 Å². The highest BCUT2D eigenvalue weighted by molar-refractivity contribution is 5.68. The molecule has 0 N–H and O–H groups in total. The molecule has 94 valence electrons. The van der Waals surface area contributed by atoms with Crippen molar-refractivity contribution in [1.82, 2.24) is 4.90 Å². The Morgan fingerprint density at radius 1 is 1.25 bits per heavy atom. The third-order valence-corrected chi connectivity index (χ3v) is 3.62. The maximum atomic E-state index is 11.0. The lowest BCUT2D eigenvalue weighted by Crippen LogP contribution is -2.32. The van der Waals surface area contributed by atoms with Gasteiger partial charge in [0.15, 0.2) is 0 Å². The molecule has 3 nitrogen and oxygen atoms in total. The predicted octanol–water partition coefficient (Wildman–Crippen LogP) is 2.45. The minimum atomic E-state index is -0.0676. The predicted molar refractivity (Wildman–Crippen MR) is 65.3 cm³/mol. The van der Waals surface area contributed by atoms with Crippen LogP contribution in [-0.4, -0.2) is 37.6 Å². The Bertz CT molecular complexity index is 208. The Balaban J connectivity index is 2.10. The van der Waals surface area contributed by atoms with Gasteiger partial charge >= 0.3 is 5.97 Å². The monoisotopic (exact) mass is 227 g/mol. The fourth-order valence-corrected chi connectivity index (χ4v) is 2.39. The Morgan fingerprint density at radius 3 is 2.38 bits per heavy atom. The van der Waals surface area contributed by atoms with E-state index in [-0.39, 0.29) is 5.97 Å². The molecule has 1 rings (SSSR count). The van der Waals surface area contributed by atoms with Crippen LogP contribution in [0, 0.1) is 5.92 Å². The van der Waals surface area contributed by atoms with E-state index in [0.29, 0.717) is 13.0 Å². The Morgan fingerprint density at radius 2 is 1.88 bits per heavy atom. The summed E-state index contributed by atoms with van der Waals surface area (Å²) in [5.74, 6) is 0.697. The molecule has 1 saturated carbocycles. The summed E-state index contributed by atoms with van der Waals surface area (Å²) in [6.45, 7) is 2.45. The van der Waals surface area contributed by atoms with Crippen LogP contribution in [0.15, 0.2) is 0 Å². The zero-order valence-electron chi connectivity index (χ0n) is 10.9. The molecule has 16 heavy (non-hydrogen) atoms. The van der Waals surface area contributed by atoms with Crippen LogP contribution in [0.3, 0.4) is 0 Å². The summed E-state index contributed by atoms with van der Waals surface area (Å²) in [7, 11) is 4.32. The number of hydrogen-bond acceptors (Lipinski definition) is 3. The second-order valence-corrected chi connectivity index (χ2v) is 5.00. The molecule has 0 atom stereocenters. The highest BCUT2D eigenvalue weighted by Crippen LogP contribution is 2.28. The molecule has 0 heterocycles. The zero-order valence-corrected chi connectivity index (χ0v) is 10.9. The molecule has 0 aliphatic heterocycles. The molecule has 1 fully saturated rings. The van der Waals surface area contributed by atoms with E-state index in [0.717, 1.165) is 18.4 Å². The van der Waals surface area contributed by atoms with E-state index >= 15 is 0 Å². The molecule has 0 aromatic heterocycles. The van der Waals surface area contributed by atoms with Crippen molar-refractivity contribution in [2.24, 2.45) is 5.92 Å². The van der Waals surface area contributed by atoms with Gasteiger partial charge < -0.3 is 9.64 Å². The Labute approximate surface area is 99.1 Å². The molecule has 0 aromatic rings. The maximum Gasteiger partial charge on any atom is 0.305 e. The molecule has 0 spiro atoms. The summed E-state index contributed by atoms with van der Waals surface area (Å²) in [4.78, 5) is 13.3. The van der Waals surface area contributed by atoms with E-state index < -0.39 is 0 Å². The van der Waals surface area contributed by atoms with Crippen LogP contribution in [0.25, 0.3) is 0 Å². The fraction of sp³-hybridized carbons (Fsp3) is 0.923. The normalized spacial score (nSPS) is 25.8. The Hall–Kier alpha value is -0.570. The molecule has 0 unspecified atom stereocenters. The number of nitrogens with zero attached hydrogens (tertiary/aromatic N) is 1. The highest BCUT2D eigenvalue weighted by Gasteiger charge is 2.22. The van der Waals surface area contributed by atoms with Gasteiger partial charge in [0.05, 0.1) is 6.61 Å². The van der Waals surface area contributed by atoms with Gasteiger partial charge in [0.25, 0.3) is 0 Å². The van der Waals surface area contributed by atoms with Crippen molar-refractivity contribution < 1.29 is 9.53 Å². The average Bonchev–Trinajstić information content (AvgIpc) is 2.29. The SMILES string of the molecule is CCC(=O)OCCC1CCC(N(C)C)CC1. The van der Waals surface area contributed by atoms with Gasteiger partial charge in [-0.2, -0.15) is 0 Å². The summed E-state index contributed by atoms with van der Waals surface area (Å²) in [5.41, 5.74) is 0. The first-order chi connectivity index (χ1) is 7.63. The first-order valence-corrected chi connectivity index (χ1v) is 6.45. The van der Waals surface area contributed by atoms with Gasteiger partial charge in [-0.15, -0.1) is 0 Å². The van der Waals surface area contributed by atoms with Crippen molar-refractivity contribution in [3.63, 3.8) is 0 Å². The molecular weight excluding hydrogens is 202 g/mol. The van der Waals surface area contributed by atoms with Crippen molar-refractivity contribution in [3.05, 3.63) is 0 Å². The van der Waals surface area contributed by atoms with Crippen LogP contribution in [0.5, 0.6) is 0 Å².